The minimum absolute atomic E-state index is 0.375. The highest BCUT2D eigenvalue weighted by molar-refractivity contribution is 6.16. The third-order valence-corrected chi connectivity index (χ3v) is 2.19. The molecule has 2 nitrogen and oxygen atoms in total. The first-order chi connectivity index (χ1) is 8.19. The molecule has 1 aromatic rings. The molecule has 0 fully saturated rings. The molecule has 0 aliphatic carbocycles. The summed E-state index contributed by atoms with van der Waals surface area (Å²) in [5.74, 6) is -0.375. The number of allylic oxidation sites excluding steroid dienone is 2. The summed E-state index contributed by atoms with van der Waals surface area (Å²) in [6.45, 7) is 3.82. The lowest BCUT2D eigenvalue weighted by molar-refractivity contribution is -0.133. The number of esters is 1. The Morgan fingerprint density at radius 1 is 1.29 bits per heavy atom. The van der Waals surface area contributed by atoms with Gasteiger partial charge in [0.15, 0.2) is 0 Å². The Morgan fingerprint density at radius 2 is 1.94 bits per heavy atom. The van der Waals surface area contributed by atoms with Crippen LogP contribution in [0.1, 0.15) is 19.4 Å². The maximum absolute atomic E-state index is 11.7. The molecule has 1 aromatic carbocycles. The van der Waals surface area contributed by atoms with Crippen LogP contribution in [0.3, 0.4) is 0 Å². The van der Waals surface area contributed by atoms with Gasteiger partial charge in [0.25, 0.3) is 0 Å². The predicted octanol–water partition coefficient (Wildman–Crippen LogP) is 3.36. The van der Waals surface area contributed by atoms with Gasteiger partial charge in [0.05, 0.1) is 7.11 Å². The van der Waals surface area contributed by atoms with Crippen molar-refractivity contribution in [3.8, 4) is 0 Å². The summed E-state index contributed by atoms with van der Waals surface area (Å²) in [5, 5.41) is 0. The molecule has 0 radical (unpaired) electrons. The van der Waals surface area contributed by atoms with Crippen LogP contribution in [0.4, 0.5) is 0 Å². The molecule has 1 rings (SSSR count). The highest BCUT2D eigenvalue weighted by Gasteiger charge is 2.11. The number of rotatable bonds is 3. The van der Waals surface area contributed by atoms with Crippen LogP contribution in [0, 0.1) is 0 Å². The summed E-state index contributed by atoms with van der Waals surface area (Å²) in [5.41, 5.74) is 5.20. The fourth-order valence-electron chi connectivity index (χ4n) is 1.44. The van der Waals surface area contributed by atoms with Crippen molar-refractivity contribution in [2.75, 3.05) is 7.11 Å². The van der Waals surface area contributed by atoms with Crippen molar-refractivity contribution in [3.05, 3.63) is 59.4 Å². The van der Waals surface area contributed by atoms with E-state index in [0.717, 1.165) is 11.1 Å². The Labute approximate surface area is 102 Å². The predicted molar refractivity (Wildman–Crippen MR) is 69.4 cm³/mol. The number of ether oxygens (including phenoxy) is 1. The van der Waals surface area contributed by atoms with Gasteiger partial charge in [-0.1, -0.05) is 42.5 Å². The molecule has 17 heavy (non-hydrogen) atoms. The SMILES string of the molecule is C/C=C/C(C)=C=C(C(=O)OC)c1ccccc1. The van der Waals surface area contributed by atoms with Crippen molar-refractivity contribution in [1.29, 1.82) is 0 Å². The van der Waals surface area contributed by atoms with Crippen molar-refractivity contribution in [2.24, 2.45) is 0 Å². The summed E-state index contributed by atoms with van der Waals surface area (Å²) in [7, 11) is 1.37. The number of hydrogen-bond acceptors (Lipinski definition) is 2. The van der Waals surface area contributed by atoms with E-state index in [1.165, 1.54) is 7.11 Å². The topological polar surface area (TPSA) is 26.3 Å². The number of carbonyl (C=O) groups excluding carboxylic acids is 1. The Balaban J connectivity index is 3.33. The summed E-state index contributed by atoms with van der Waals surface area (Å²) >= 11 is 0. The molecule has 0 N–H and O–H groups in total. The molecule has 0 aliphatic rings. The zero-order valence-electron chi connectivity index (χ0n) is 10.4. The Morgan fingerprint density at radius 3 is 2.47 bits per heavy atom. The molecule has 0 spiro atoms. The van der Waals surface area contributed by atoms with Crippen molar-refractivity contribution >= 4 is 11.5 Å². The van der Waals surface area contributed by atoms with Crippen LogP contribution in [0.5, 0.6) is 0 Å². The van der Waals surface area contributed by atoms with Gasteiger partial charge in [-0.05, 0) is 25.0 Å². The zero-order valence-corrected chi connectivity index (χ0v) is 10.4. The largest absolute Gasteiger partial charge is 0.465 e. The first-order valence-electron chi connectivity index (χ1n) is 5.43. The number of carbonyl (C=O) groups is 1. The van der Waals surface area contributed by atoms with E-state index in [0.29, 0.717) is 5.57 Å². The van der Waals surface area contributed by atoms with E-state index in [9.17, 15) is 4.79 Å². The van der Waals surface area contributed by atoms with Gasteiger partial charge in [0, 0.05) is 0 Å². The van der Waals surface area contributed by atoms with Crippen LogP contribution in [0.25, 0.3) is 5.57 Å². The van der Waals surface area contributed by atoms with E-state index in [4.69, 9.17) is 4.74 Å². The average Bonchev–Trinajstić information content (AvgIpc) is 2.36. The van der Waals surface area contributed by atoms with Crippen molar-refractivity contribution in [3.63, 3.8) is 0 Å². The number of benzene rings is 1. The van der Waals surface area contributed by atoms with Gasteiger partial charge >= 0.3 is 5.97 Å². The fraction of sp³-hybridized carbons (Fsp3) is 0.200. The van der Waals surface area contributed by atoms with E-state index < -0.39 is 0 Å². The molecule has 0 aliphatic heterocycles. The molecule has 0 aromatic heterocycles. The van der Waals surface area contributed by atoms with Crippen LogP contribution < -0.4 is 0 Å². The van der Waals surface area contributed by atoms with Crippen molar-refractivity contribution < 1.29 is 9.53 Å². The average molecular weight is 228 g/mol. The minimum Gasteiger partial charge on any atom is -0.465 e. The molecule has 2 heteroatoms. The van der Waals surface area contributed by atoms with Gasteiger partial charge in [-0.25, -0.2) is 4.79 Å². The monoisotopic (exact) mass is 228 g/mol. The van der Waals surface area contributed by atoms with Crippen molar-refractivity contribution in [1.82, 2.24) is 0 Å². The molecular formula is C15H16O2. The summed E-state index contributed by atoms with van der Waals surface area (Å²) in [6, 6.07) is 9.39. The second-order valence-electron chi connectivity index (χ2n) is 3.54. The van der Waals surface area contributed by atoms with Crippen LogP contribution in [0.2, 0.25) is 0 Å². The normalized spacial score (nSPS) is 9.82. The molecular weight excluding hydrogens is 212 g/mol. The Bertz CT molecular complexity index is 475. The molecule has 0 amide bonds. The summed E-state index contributed by atoms with van der Waals surface area (Å²) in [6.07, 6.45) is 3.80. The van der Waals surface area contributed by atoms with E-state index in [1.54, 1.807) is 0 Å². The van der Waals surface area contributed by atoms with Gasteiger partial charge in [-0.2, -0.15) is 0 Å². The molecule has 0 unspecified atom stereocenters. The Hall–Kier alpha value is -2.05. The van der Waals surface area contributed by atoms with Gasteiger partial charge in [-0.15, -0.1) is 5.73 Å². The highest BCUT2D eigenvalue weighted by atomic mass is 16.5. The van der Waals surface area contributed by atoms with E-state index >= 15 is 0 Å². The minimum atomic E-state index is -0.375. The lowest BCUT2D eigenvalue weighted by Gasteiger charge is -2.02. The summed E-state index contributed by atoms with van der Waals surface area (Å²) < 4.78 is 4.77. The van der Waals surface area contributed by atoms with Crippen LogP contribution >= 0.6 is 0 Å². The van der Waals surface area contributed by atoms with Crippen LogP contribution in [-0.2, 0) is 9.53 Å². The number of hydrogen-bond donors (Lipinski definition) is 0. The Kier molecular flexibility index (Phi) is 4.99. The van der Waals surface area contributed by atoms with Gasteiger partial charge in [0.2, 0.25) is 0 Å². The molecule has 88 valence electrons. The molecule has 0 saturated carbocycles. The smallest absolute Gasteiger partial charge is 0.346 e. The maximum Gasteiger partial charge on any atom is 0.346 e. The lowest BCUT2D eigenvalue weighted by Crippen LogP contribution is -2.03. The van der Waals surface area contributed by atoms with E-state index in [2.05, 4.69) is 5.73 Å². The van der Waals surface area contributed by atoms with Crippen molar-refractivity contribution in [2.45, 2.75) is 13.8 Å². The van der Waals surface area contributed by atoms with Gasteiger partial charge in [0.1, 0.15) is 5.57 Å². The second-order valence-corrected chi connectivity index (χ2v) is 3.54. The quantitative estimate of drug-likeness (QED) is 0.343. The molecule has 0 atom stereocenters. The maximum atomic E-state index is 11.7. The molecule has 0 bridgehead atoms. The number of methoxy groups -OCH3 is 1. The van der Waals surface area contributed by atoms with E-state index in [-0.39, 0.29) is 5.97 Å². The van der Waals surface area contributed by atoms with Crippen LogP contribution in [-0.4, -0.2) is 13.1 Å². The van der Waals surface area contributed by atoms with E-state index in [1.807, 2.05) is 56.3 Å². The highest BCUT2D eigenvalue weighted by Crippen LogP contribution is 2.15. The van der Waals surface area contributed by atoms with Gasteiger partial charge in [-0.3, -0.25) is 0 Å². The van der Waals surface area contributed by atoms with Crippen LogP contribution in [0.15, 0.2) is 53.8 Å². The summed E-state index contributed by atoms with van der Waals surface area (Å²) in [4.78, 5) is 11.7. The third-order valence-electron chi connectivity index (χ3n) is 2.19. The second kappa shape index (κ2) is 6.51. The molecule has 0 heterocycles. The fourth-order valence-corrected chi connectivity index (χ4v) is 1.44. The third kappa shape index (κ3) is 3.78. The lowest BCUT2D eigenvalue weighted by atomic mass is 10.1. The zero-order chi connectivity index (χ0) is 12.7. The first kappa shape index (κ1) is 13.0. The first-order valence-corrected chi connectivity index (χ1v) is 5.43. The standard InChI is InChI=1S/C15H16O2/c1-4-8-12(2)11-14(15(16)17-3)13-9-6-5-7-10-13/h4-10H,1-3H3/b8-4+. The van der Waals surface area contributed by atoms with Gasteiger partial charge < -0.3 is 4.74 Å². The molecule has 0 saturated heterocycles.